The smallest absolute Gasteiger partial charge is 0.129 e. The third-order valence-electron chi connectivity index (χ3n) is 8.98. The van der Waals surface area contributed by atoms with E-state index in [9.17, 15) is 0 Å². The van der Waals surface area contributed by atoms with Gasteiger partial charge in [0.2, 0.25) is 0 Å². The summed E-state index contributed by atoms with van der Waals surface area (Å²) in [6.07, 6.45) is 4.81. The van der Waals surface area contributed by atoms with Gasteiger partial charge in [-0.1, -0.05) is 116 Å². The van der Waals surface area contributed by atoms with E-state index in [0.717, 1.165) is 45.1 Å². The third kappa shape index (κ3) is 9.69. The second-order valence-corrected chi connectivity index (χ2v) is 20.5. The zero-order valence-electron chi connectivity index (χ0n) is 30.8. The quantitative estimate of drug-likeness (QED) is 0.0619. The monoisotopic (exact) mass is 746 g/mol. The number of unbranched alkanes of at least 4 members (excludes halogenated alkanes) is 3. The van der Waals surface area contributed by atoms with Gasteiger partial charge in [0.15, 0.2) is 0 Å². The Morgan fingerprint density at radius 1 is 0.608 bits per heavy atom. The molecule has 0 aliphatic carbocycles. The van der Waals surface area contributed by atoms with Crippen molar-refractivity contribution in [2.24, 2.45) is 0 Å². The molecule has 0 spiro atoms. The highest BCUT2D eigenvalue weighted by atomic mass is 79.9. The first-order valence-electron chi connectivity index (χ1n) is 18.2. The van der Waals surface area contributed by atoms with Crippen LogP contribution in [0.5, 0.6) is 0 Å². The third-order valence-corrected chi connectivity index (χ3v) is 10.3. The van der Waals surface area contributed by atoms with Crippen molar-refractivity contribution in [3.05, 3.63) is 141 Å². The highest BCUT2D eigenvalue weighted by Crippen LogP contribution is 2.32. The maximum absolute atomic E-state index is 6.19. The van der Waals surface area contributed by atoms with Crippen LogP contribution in [-0.4, -0.2) is 14.7 Å². The first kappa shape index (κ1) is 36.4. The van der Waals surface area contributed by atoms with Gasteiger partial charge in [0, 0.05) is 27.8 Å². The van der Waals surface area contributed by atoms with Crippen LogP contribution in [0.1, 0.15) is 66.0 Å². The molecule has 0 saturated carbocycles. The number of ether oxygens (including phenoxy) is 1. The van der Waals surface area contributed by atoms with Crippen LogP contribution < -0.4 is 0 Å². The van der Waals surface area contributed by atoms with Gasteiger partial charge in [0.1, 0.15) is 8.07 Å². The highest BCUT2D eigenvalue weighted by molar-refractivity contribution is 9.10. The summed E-state index contributed by atoms with van der Waals surface area (Å²) in [7, 11) is -1.51. The van der Waals surface area contributed by atoms with Gasteiger partial charge in [-0.05, 0) is 147 Å². The lowest BCUT2D eigenvalue weighted by Crippen LogP contribution is -2.16. The molecule has 0 bridgehead atoms. The van der Waals surface area contributed by atoms with E-state index in [0.29, 0.717) is 6.61 Å². The van der Waals surface area contributed by atoms with Crippen LogP contribution in [0.3, 0.4) is 0 Å². The van der Waals surface area contributed by atoms with Gasteiger partial charge in [-0.15, -0.1) is 5.54 Å². The van der Waals surface area contributed by atoms with Crippen molar-refractivity contribution in [1.82, 2.24) is 0 Å². The summed E-state index contributed by atoms with van der Waals surface area (Å²) in [6, 6.07) is 37.5. The van der Waals surface area contributed by atoms with E-state index in [1.165, 1.54) is 68.8 Å². The molecule has 3 heteroatoms. The Morgan fingerprint density at radius 2 is 1.24 bits per heavy atom. The summed E-state index contributed by atoms with van der Waals surface area (Å²) < 4.78 is 7.28. The number of halogens is 1. The normalized spacial score (nSPS) is 11.3. The molecule has 6 aromatic rings. The number of fused-ring (bicyclic) bond motifs is 2. The van der Waals surface area contributed by atoms with Gasteiger partial charge in [-0.25, -0.2) is 0 Å². The minimum Gasteiger partial charge on any atom is -0.377 e. The predicted molar refractivity (Wildman–Crippen MR) is 226 cm³/mol. The van der Waals surface area contributed by atoms with E-state index in [1.54, 1.807) is 0 Å². The Hall–Kier alpha value is -4.38. The molecule has 0 atom stereocenters. The van der Waals surface area contributed by atoms with Crippen LogP contribution in [0.25, 0.3) is 43.8 Å². The molecule has 1 nitrogen and oxygen atoms in total. The van der Waals surface area contributed by atoms with Crippen LogP contribution in [0.15, 0.2) is 108 Å². The maximum Gasteiger partial charge on any atom is 0.129 e. The summed E-state index contributed by atoms with van der Waals surface area (Å²) in [5, 5.41) is 4.74. The summed E-state index contributed by atoms with van der Waals surface area (Å²) in [5.74, 6) is 10.6. The van der Waals surface area contributed by atoms with Crippen molar-refractivity contribution in [2.75, 3.05) is 6.61 Å². The van der Waals surface area contributed by atoms with Crippen molar-refractivity contribution < 1.29 is 4.74 Å². The lowest BCUT2D eigenvalue weighted by Gasteiger charge is -2.13. The van der Waals surface area contributed by atoms with Crippen LogP contribution in [0.4, 0.5) is 0 Å². The SMILES string of the molecule is CCCCCCOCc1cc(-c2cc(C)cc(Br)c2)cc(-c2cc(C)cc(C#Cc3cccc4cc5cccc(C#C[Si](C)(C)C)c5cc34)c2)c1. The Morgan fingerprint density at radius 3 is 1.88 bits per heavy atom. The summed E-state index contributed by atoms with van der Waals surface area (Å²) in [6.45, 7) is 14.8. The molecule has 0 aliphatic heterocycles. The van der Waals surface area contributed by atoms with Gasteiger partial charge in [-0.2, -0.15) is 0 Å². The number of benzene rings is 6. The second kappa shape index (κ2) is 16.3. The molecule has 0 unspecified atom stereocenters. The molecular formula is C48H47BrOSi. The number of aryl methyl sites for hydroxylation is 2. The Bertz CT molecular complexity index is 2320. The number of rotatable bonds is 9. The lowest BCUT2D eigenvalue weighted by atomic mass is 9.94. The van der Waals surface area contributed by atoms with Crippen molar-refractivity contribution in [1.29, 1.82) is 0 Å². The summed E-state index contributed by atoms with van der Waals surface area (Å²) in [5.41, 5.74) is 15.0. The molecule has 0 heterocycles. The van der Waals surface area contributed by atoms with E-state index in [1.807, 2.05) is 0 Å². The maximum atomic E-state index is 6.19. The van der Waals surface area contributed by atoms with Gasteiger partial charge < -0.3 is 4.74 Å². The van der Waals surface area contributed by atoms with Crippen LogP contribution in [0.2, 0.25) is 19.6 Å². The molecule has 0 amide bonds. The topological polar surface area (TPSA) is 9.23 Å². The minimum absolute atomic E-state index is 0.597. The van der Waals surface area contributed by atoms with E-state index in [4.69, 9.17) is 4.74 Å². The van der Waals surface area contributed by atoms with E-state index in [2.05, 4.69) is 183 Å². The molecule has 6 aromatic carbocycles. The average molecular weight is 748 g/mol. The molecule has 0 aliphatic rings. The first-order chi connectivity index (χ1) is 24.5. The predicted octanol–water partition coefficient (Wildman–Crippen LogP) is 13.4. The fourth-order valence-corrected chi connectivity index (χ4v) is 7.64. The average Bonchev–Trinajstić information content (AvgIpc) is 3.09. The fraction of sp³-hybridized carbons (Fsp3) is 0.250. The van der Waals surface area contributed by atoms with Crippen LogP contribution in [-0.2, 0) is 11.3 Å². The minimum atomic E-state index is -1.51. The van der Waals surface area contributed by atoms with Gasteiger partial charge in [0.25, 0.3) is 0 Å². The van der Waals surface area contributed by atoms with Gasteiger partial charge in [-0.3, -0.25) is 0 Å². The number of hydrogen-bond acceptors (Lipinski definition) is 1. The summed E-state index contributed by atoms with van der Waals surface area (Å²) >= 11 is 3.72. The van der Waals surface area contributed by atoms with Gasteiger partial charge in [0.05, 0.1) is 6.61 Å². The van der Waals surface area contributed by atoms with Crippen molar-refractivity contribution in [3.63, 3.8) is 0 Å². The summed E-state index contributed by atoms with van der Waals surface area (Å²) in [4.78, 5) is 0. The van der Waals surface area contributed by atoms with Crippen molar-refractivity contribution in [2.45, 2.75) is 72.7 Å². The fourth-order valence-electron chi connectivity index (χ4n) is 6.52. The molecule has 0 N–H and O–H groups in total. The molecule has 6 rings (SSSR count). The zero-order chi connectivity index (χ0) is 36.0. The van der Waals surface area contributed by atoms with E-state index < -0.39 is 8.07 Å². The largest absolute Gasteiger partial charge is 0.377 e. The van der Waals surface area contributed by atoms with Crippen molar-refractivity contribution >= 4 is 45.5 Å². The van der Waals surface area contributed by atoms with Gasteiger partial charge >= 0.3 is 0 Å². The van der Waals surface area contributed by atoms with E-state index >= 15 is 0 Å². The van der Waals surface area contributed by atoms with Crippen molar-refractivity contribution in [3.8, 4) is 45.6 Å². The standard InChI is InChI=1S/C48H47BrOSi/c1-7-8-9-10-20-50-33-37-27-44(30-45(28-37)43-24-35(3)25-46(49)31-43)42-23-34(2)22-36(26-42)17-18-38-13-11-15-40-29-41-16-12-14-39(19-21-51(4,5)6)48(41)32-47(38)40/h11-16,22-32H,7-10,20,33H2,1-6H3. The Kier molecular flexibility index (Phi) is 11.6. The Balaban J connectivity index is 1.37. The molecule has 51 heavy (non-hydrogen) atoms. The molecule has 0 radical (unpaired) electrons. The zero-order valence-corrected chi connectivity index (χ0v) is 33.4. The molecule has 0 fully saturated rings. The first-order valence-corrected chi connectivity index (χ1v) is 22.5. The Labute approximate surface area is 314 Å². The van der Waals surface area contributed by atoms with Crippen LogP contribution in [0, 0.1) is 37.2 Å². The highest BCUT2D eigenvalue weighted by Gasteiger charge is 2.11. The molecule has 0 aromatic heterocycles. The van der Waals surface area contributed by atoms with E-state index in [-0.39, 0.29) is 0 Å². The molecule has 0 saturated heterocycles. The lowest BCUT2D eigenvalue weighted by molar-refractivity contribution is 0.117. The van der Waals surface area contributed by atoms with Crippen LogP contribution >= 0.6 is 15.9 Å². The second-order valence-electron chi connectivity index (χ2n) is 14.8. The molecule has 256 valence electrons. The number of hydrogen-bond donors (Lipinski definition) is 0. The molecular weight excluding hydrogens is 701 g/mol.